The van der Waals surface area contributed by atoms with E-state index in [2.05, 4.69) is 43.8 Å². The summed E-state index contributed by atoms with van der Waals surface area (Å²) in [4.78, 5) is 0. The summed E-state index contributed by atoms with van der Waals surface area (Å²) >= 11 is 0. The number of rotatable bonds is 6. The van der Waals surface area contributed by atoms with Crippen LogP contribution in [0.4, 0.5) is 0 Å². The Labute approximate surface area is 104 Å². The van der Waals surface area contributed by atoms with Gasteiger partial charge in [0.15, 0.2) is 0 Å². The highest BCUT2D eigenvalue weighted by Crippen LogP contribution is 2.67. The maximum atomic E-state index is 9.83. The van der Waals surface area contributed by atoms with Crippen molar-refractivity contribution < 1.29 is 5.11 Å². The van der Waals surface area contributed by atoms with Gasteiger partial charge in [-0.2, -0.15) is 0 Å². The van der Waals surface area contributed by atoms with Crippen LogP contribution in [-0.4, -0.2) is 11.7 Å². The molecule has 0 bridgehead atoms. The fourth-order valence-electron chi connectivity index (χ4n) is 3.14. The molecule has 92 valence electrons. The molecule has 1 fully saturated rings. The smallest absolute Gasteiger partial charge is 0.0536 e. The highest BCUT2D eigenvalue weighted by molar-refractivity contribution is 5.41. The Morgan fingerprint density at radius 3 is 2.59 bits per heavy atom. The molecule has 1 aliphatic carbocycles. The van der Waals surface area contributed by atoms with Gasteiger partial charge in [-0.15, -0.1) is 6.58 Å². The molecule has 0 saturated heterocycles. The van der Waals surface area contributed by atoms with Gasteiger partial charge in [0.2, 0.25) is 0 Å². The summed E-state index contributed by atoms with van der Waals surface area (Å²) in [5.74, 6) is 0. The van der Waals surface area contributed by atoms with Crippen LogP contribution in [0, 0.1) is 5.41 Å². The first-order valence-electron chi connectivity index (χ1n) is 6.55. The highest BCUT2D eigenvalue weighted by Gasteiger charge is 2.65. The monoisotopic (exact) mass is 230 g/mol. The molecule has 0 unspecified atom stereocenters. The van der Waals surface area contributed by atoms with Gasteiger partial charge in [0.25, 0.3) is 0 Å². The van der Waals surface area contributed by atoms with Gasteiger partial charge in [-0.25, -0.2) is 0 Å². The molecule has 17 heavy (non-hydrogen) atoms. The molecule has 0 radical (unpaired) electrons. The summed E-state index contributed by atoms with van der Waals surface area (Å²) < 4.78 is 0. The first kappa shape index (κ1) is 12.4. The topological polar surface area (TPSA) is 20.2 Å². The van der Waals surface area contributed by atoms with E-state index >= 15 is 0 Å². The second-order valence-corrected chi connectivity index (χ2v) is 5.25. The van der Waals surface area contributed by atoms with Crippen molar-refractivity contribution in [1.82, 2.24) is 0 Å². The predicted octanol–water partition coefficient (Wildman–Crippen LogP) is 3.68. The van der Waals surface area contributed by atoms with Gasteiger partial charge in [0, 0.05) is 10.8 Å². The Bertz CT molecular complexity index is 384. The molecule has 1 N–H and O–H groups in total. The van der Waals surface area contributed by atoms with Gasteiger partial charge in [0.05, 0.1) is 6.61 Å². The SMILES string of the molecule is C=C[C@@]1(CCCC)C[C@]1(CO)c1ccccc1. The Hall–Kier alpha value is -1.08. The molecule has 0 aromatic heterocycles. The zero-order valence-electron chi connectivity index (χ0n) is 10.7. The second-order valence-electron chi connectivity index (χ2n) is 5.25. The molecule has 0 aliphatic heterocycles. The minimum atomic E-state index is -0.0643. The molecule has 1 nitrogen and oxygen atoms in total. The van der Waals surface area contributed by atoms with Crippen LogP contribution in [0.1, 0.15) is 38.2 Å². The molecule has 0 spiro atoms. The number of allylic oxidation sites excluding steroid dienone is 1. The van der Waals surface area contributed by atoms with E-state index < -0.39 is 0 Å². The summed E-state index contributed by atoms with van der Waals surface area (Å²) in [7, 11) is 0. The van der Waals surface area contributed by atoms with Gasteiger partial charge in [-0.3, -0.25) is 0 Å². The Kier molecular flexibility index (Phi) is 3.39. The fourth-order valence-corrected chi connectivity index (χ4v) is 3.14. The summed E-state index contributed by atoms with van der Waals surface area (Å²) in [5, 5.41) is 9.83. The van der Waals surface area contributed by atoms with E-state index in [9.17, 15) is 5.11 Å². The lowest BCUT2D eigenvalue weighted by Crippen LogP contribution is -2.21. The zero-order chi connectivity index (χ0) is 12.4. The molecular formula is C16H22O. The lowest BCUT2D eigenvalue weighted by atomic mass is 9.83. The minimum absolute atomic E-state index is 0.0643. The van der Waals surface area contributed by atoms with Crippen LogP contribution in [0.15, 0.2) is 43.0 Å². The van der Waals surface area contributed by atoms with Crippen LogP contribution >= 0.6 is 0 Å². The van der Waals surface area contributed by atoms with E-state index in [0.29, 0.717) is 0 Å². The quantitative estimate of drug-likeness (QED) is 0.739. The standard InChI is InChI=1S/C16H22O/c1-3-5-11-15(4-2)12-16(15,13-17)14-9-7-6-8-10-14/h4,6-10,17H,2-3,5,11-13H2,1H3/t15-,16+/m1/s1. The zero-order valence-corrected chi connectivity index (χ0v) is 10.7. The molecule has 1 saturated carbocycles. The maximum Gasteiger partial charge on any atom is 0.0536 e. The van der Waals surface area contributed by atoms with Crippen molar-refractivity contribution in [2.75, 3.05) is 6.61 Å². The van der Waals surface area contributed by atoms with Gasteiger partial charge >= 0.3 is 0 Å². The van der Waals surface area contributed by atoms with Crippen molar-refractivity contribution in [3.8, 4) is 0 Å². The van der Waals surface area contributed by atoms with Crippen molar-refractivity contribution in [1.29, 1.82) is 0 Å². The molecule has 1 aromatic rings. The molecule has 1 aliphatic rings. The van der Waals surface area contributed by atoms with E-state index in [-0.39, 0.29) is 17.4 Å². The number of aliphatic hydroxyl groups is 1. The Morgan fingerprint density at radius 2 is 2.06 bits per heavy atom. The Balaban J connectivity index is 2.27. The molecule has 1 aromatic carbocycles. The molecule has 0 amide bonds. The first-order valence-corrected chi connectivity index (χ1v) is 6.55. The lowest BCUT2D eigenvalue weighted by molar-refractivity contribution is 0.229. The van der Waals surface area contributed by atoms with E-state index in [0.717, 1.165) is 12.8 Å². The summed E-state index contributed by atoms with van der Waals surface area (Å²) in [5.41, 5.74) is 1.32. The largest absolute Gasteiger partial charge is 0.395 e. The summed E-state index contributed by atoms with van der Waals surface area (Å²) in [6, 6.07) is 10.4. The normalized spacial score (nSPS) is 31.2. The van der Waals surface area contributed by atoms with Crippen LogP contribution in [-0.2, 0) is 5.41 Å². The van der Waals surface area contributed by atoms with Gasteiger partial charge in [0.1, 0.15) is 0 Å². The van der Waals surface area contributed by atoms with Crippen LogP contribution in [0.3, 0.4) is 0 Å². The number of aliphatic hydroxyl groups excluding tert-OH is 1. The van der Waals surface area contributed by atoms with Gasteiger partial charge in [-0.1, -0.05) is 56.2 Å². The fraction of sp³-hybridized carbons (Fsp3) is 0.500. The van der Waals surface area contributed by atoms with Gasteiger partial charge in [-0.05, 0) is 18.4 Å². The van der Waals surface area contributed by atoms with E-state index in [1.165, 1.54) is 18.4 Å². The molecule has 2 rings (SSSR count). The minimum Gasteiger partial charge on any atom is -0.395 e. The second kappa shape index (κ2) is 4.66. The van der Waals surface area contributed by atoms with Crippen LogP contribution < -0.4 is 0 Å². The third-order valence-electron chi connectivity index (χ3n) is 4.41. The first-order chi connectivity index (χ1) is 8.24. The maximum absolute atomic E-state index is 9.83. The molecule has 1 heteroatoms. The van der Waals surface area contributed by atoms with Crippen molar-refractivity contribution in [2.24, 2.45) is 5.41 Å². The van der Waals surface area contributed by atoms with Crippen LogP contribution in [0.5, 0.6) is 0 Å². The number of benzene rings is 1. The van der Waals surface area contributed by atoms with Crippen molar-refractivity contribution in [3.63, 3.8) is 0 Å². The average Bonchev–Trinajstić information content (AvgIpc) is 3.08. The third-order valence-corrected chi connectivity index (χ3v) is 4.41. The van der Waals surface area contributed by atoms with Gasteiger partial charge < -0.3 is 5.11 Å². The highest BCUT2D eigenvalue weighted by atomic mass is 16.3. The average molecular weight is 230 g/mol. The van der Waals surface area contributed by atoms with Crippen LogP contribution in [0.25, 0.3) is 0 Å². The summed E-state index contributed by atoms with van der Waals surface area (Å²) in [6.45, 7) is 6.44. The van der Waals surface area contributed by atoms with E-state index in [1.807, 2.05) is 6.07 Å². The van der Waals surface area contributed by atoms with E-state index in [1.54, 1.807) is 0 Å². The molecule has 2 atom stereocenters. The lowest BCUT2D eigenvalue weighted by Gasteiger charge is -2.22. The van der Waals surface area contributed by atoms with Crippen molar-refractivity contribution in [2.45, 2.75) is 38.0 Å². The van der Waals surface area contributed by atoms with Crippen molar-refractivity contribution in [3.05, 3.63) is 48.6 Å². The predicted molar refractivity (Wildman–Crippen MR) is 72.0 cm³/mol. The van der Waals surface area contributed by atoms with Crippen LogP contribution in [0.2, 0.25) is 0 Å². The summed E-state index contributed by atoms with van der Waals surface area (Å²) in [6.07, 6.45) is 6.67. The number of hydrogen-bond donors (Lipinski definition) is 1. The molecule has 0 heterocycles. The third kappa shape index (κ3) is 1.83. The number of hydrogen-bond acceptors (Lipinski definition) is 1. The number of unbranched alkanes of at least 4 members (excludes halogenated alkanes) is 1. The van der Waals surface area contributed by atoms with Crippen molar-refractivity contribution >= 4 is 0 Å². The van der Waals surface area contributed by atoms with E-state index in [4.69, 9.17) is 0 Å². The molecular weight excluding hydrogens is 208 g/mol. The Morgan fingerprint density at radius 1 is 1.35 bits per heavy atom.